The number of carbonyl (C=O) groups excluding carboxylic acids is 2. The molecule has 5 heteroatoms. The third-order valence-corrected chi connectivity index (χ3v) is 3.29. The summed E-state index contributed by atoms with van der Waals surface area (Å²) in [4.78, 5) is 27.3. The summed E-state index contributed by atoms with van der Waals surface area (Å²) in [6.45, 7) is 1.50. The van der Waals surface area contributed by atoms with Gasteiger partial charge in [-0.2, -0.15) is 4.99 Å². The molecule has 0 bridgehead atoms. The Balaban J connectivity index is 2.14. The lowest BCUT2D eigenvalue weighted by Gasteiger charge is -2.32. The molecule has 1 heterocycles. The highest BCUT2D eigenvalue weighted by atomic mass is 16.1. The fraction of sp³-hybridized carbons (Fsp3) is 0.385. The molecule has 1 saturated heterocycles. The third kappa shape index (κ3) is 2.57. The third-order valence-electron chi connectivity index (χ3n) is 3.29. The van der Waals surface area contributed by atoms with Crippen LogP contribution in [0.4, 0.5) is 11.4 Å². The fourth-order valence-electron chi connectivity index (χ4n) is 2.28. The number of isocyanates is 1. The molecule has 0 aliphatic carbocycles. The zero-order chi connectivity index (χ0) is 13.0. The summed E-state index contributed by atoms with van der Waals surface area (Å²) in [5, 5.41) is 0. The molecule has 0 saturated carbocycles. The molecule has 2 N–H and O–H groups in total. The largest absolute Gasteiger partial charge is 0.370 e. The van der Waals surface area contributed by atoms with E-state index in [0.717, 1.165) is 31.6 Å². The molecule has 0 aromatic heterocycles. The molecule has 94 valence electrons. The van der Waals surface area contributed by atoms with E-state index < -0.39 is 0 Å². The Labute approximate surface area is 105 Å². The summed E-state index contributed by atoms with van der Waals surface area (Å²) in [7, 11) is 0. The number of primary amides is 1. The van der Waals surface area contributed by atoms with Crippen LogP contribution in [0.15, 0.2) is 29.3 Å². The molecular formula is C13H15N3O2. The van der Waals surface area contributed by atoms with Crippen LogP contribution in [0, 0.1) is 5.92 Å². The van der Waals surface area contributed by atoms with Gasteiger partial charge < -0.3 is 10.6 Å². The minimum absolute atomic E-state index is 0.0389. The van der Waals surface area contributed by atoms with E-state index in [9.17, 15) is 9.59 Å². The SMILES string of the molecule is NC(=O)C1CCN(c2ccccc2N=C=O)CC1. The lowest BCUT2D eigenvalue weighted by Crippen LogP contribution is -2.38. The predicted molar refractivity (Wildman–Crippen MR) is 68.4 cm³/mol. The van der Waals surface area contributed by atoms with Gasteiger partial charge in [-0.25, -0.2) is 4.79 Å². The van der Waals surface area contributed by atoms with Crippen LogP contribution in [0.1, 0.15) is 12.8 Å². The van der Waals surface area contributed by atoms with E-state index in [-0.39, 0.29) is 11.8 Å². The number of anilines is 1. The average molecular weight is 245 g/mol. The van der Waals surface area contributed by atoms with Crippen molar-refractivity contribution < 1.29 is 9.59 Å². The monoisotopic (exact) mass is 245 g/mol. The van der Waals surface area contributed by atoms with E-state index in [4.69, 9.17) is 5.73 Å². The first kappa shape index (κ1) is 12.3. The van der Waals surface area contributed by atoms with Gasteiger partial charge in [0.15, 0.2) is 0 Å². The van der Waals surface area contributed by atoms with Gasteiger partial charge in [-0.05, 0) is 25.0 Å². The number of carbonyl (C=O) groups is 1. The lowest BCUT2D eigenvalue weighted by atomic mass is 9.96. The van der Waals surface area contributed by atoms with Crippen LogP contribution in [0.25, 0.3) is 0 Å². The van der Waals surface area contributed by atoms with Gasteiger partial charge in [0, 0.05) is 19.0 Å². The minimum atomic E-state index is -0.228. The van der Waals surface area contributed by atoms with Crippen LogP contribution in [0.2, 0.25) is 0 Å². The zero-order valence-corrected chi connectivity index (χ0v) is 10.0. The highest BCUT2D eigenvalue weighted by molar-refractivity contribution is 5.77. The summed E-state index contributed by atoms with van der Waals surface area (Å²) < 4.78 is 0. The van der Waals surface area contributed by atoms with E-state index >= 15 is 0 Å². The van der Waals surface area contributed by atoms with Crippen LogP contribution < -0.4 is 10.6 Å². The summed E-state index contributed by atoms with van der Waals surface area (Å²) in [6, 6.07) is 7.43. The Kier molecular flexibility index (Phi) is 3.75. The maximum Gasteiger partial charge on any atom is 0.240 e. The highest BCUT2D eigenvalue weighted by Gasteiger charge is 2.24. The second-order valence-electron chi connectivity index (χ2n) is 4.36. The van der Waals surface area contributed by atoms with Gasteiger partial charge in [0.25, 0.3) is 0 Å². The van der Waals surface area contributed by atoms with Crippen molar-refractivity contribution in [3.63, 3.8) is 0 Å². The van der Waals surface area contributed by atoms with Gasteiger partial charge >= 0.3 is 0 Å². The number of aliphatic imine (C=N–C) groups is 1. The molecule has 5 nitrogen and oxygen atoms in total. The summed E-state index contributed by atoms with van der Waals surface area (Å²) >= 11 is 0. The second-order valence-corrected chi connectivity index (χ2v) is 4.36. The van der Waals surface area contributed by atoms with Crippen molar-refractivity contribution in [3.05, 3.63) is 24.3 Å². The number of rotatable bonds is 3. The van der Waals surface area contributed by atoms with Crippen LogP contribution in [0.3, 0.4) is 0 Å². The number of amides is 1. The fourth-order valence-corrected chi connectivity index (χ4v) is 2.28. The van der Waals surface area contributed by atoms with Gasteiger partial charge in [0.1, 0.15) is 0 Å². The molecule has 0 spiro atoms. The van der Waals surface area contributed by atoms with E-state index in [2.05, 4.69) is 9.89 Å². The molecule has 2 rings (SSSR count). The molecule has 1 aromatic rings. The van der Waals surface area contributed by atoms with Crippen molar-refractivity contribution in [3.8, 4) is 0 Å². The molecule has 1 aliphatic heterocycles. The first-order valence-corrected chi connectivity index (χ1v) is 5.93. The normalized spacial score (nSPS) is 16.1. The minimum Gasteiger partial charge on any atom is -0.370 e. The summed E-state index contributed by atoms with van der Waals surface area (Å²) in [5.74, 6) is -0.267. The van der Waals surface area contributed by atoms with Gasteiger partial charge in [-0.3, -0.25) is 4.79 Å². The van der Waals surface area contributed by atoms with Crippen molar-refractivity contribution in [2.24, 2.45) is 16.6 Å². The Morgan fingerprint density at radius 2 is 2.00 bits per heavy atom. The molecule has 18 heavy (non-hydrogen) atoms. The summed E-state index contributed by atoms with van der Waals surface area (Å²) in [6.07, 6.45) is 3.05. The smallest absolute Gasteiger partial charge is 0.240 e. The quantitative estimate of drug-likeness (QED) is 0.645. The molecule has 0 atom stereocenters. The number of nitrogens with zero attached hydrogens (tertiary/aromatic N) is 2. The highest BCUT2D eigenvalue weighted by Crippen LogP contribution is 2.31. The van der Waals surface area contributed by atoms with Gasteiger partial charge in [0.2, 0.25) is 12.0 Å². The van der Waals surface area contributed by atoms with Crippen LogP contribution in [-0.4, -0.2) is 25.1 Å². The molecule has 0 radical (unpaired) electrons. The maximum atomic E-state index is 11.1. The maximum absolute atomic E-state index is 11.1. The number of para-hydroxylation sites is 2. The molecule has 1 fully saturated rings. The molecule has 1 aromatic carbocycles. The van der Waals surface area contributed by atoms with E-state index in [0.29, 0.717) is 5.69 Å². The van der Waals surface area contributed by atoms with E-state index in [1.807, 2.05) is 18.2 Å². The van der Waals surface area contributed by atoms with Crippen molar-refractivity contribution in [1.82, 2.24) is 0 Å². The number of piperidine rings is 1. The zero-order valence-electron chi connectivity index (χ0n) is 10.0. The van der Waals surface area contributed by atoms with Gasteiger partial charge in [-0.1, -0.05) is 12.1 Å². The van der Waals surface area contributed by atoms with Crippen molar-refractivity contribution in [2.45, 2.75) is 12.8 Å². The lowest BCUT2D eigenvalue weighted by molar-refractivity contribution is -0.122. The van der Waals surface area contributed by atoms with Crippen LogP contribution >= 0.6 is 0 Å². The number of benzene rings is 1. The first-order chi connectivity index (χ1) is 8.72. The Bertz CT molecular complexity index is 487. The second kappa shape index (κ2) is 5.47. The number of hydrogen-bond donors (Lipinski definition) is 1. The molecule has 1 amide bonds. The van der Waals surface area contributed by atoms with Crippen molar-refractivity contribution >= 4 is 23.4 Å². The summed E-state index contributed by atoms with van der Waals surface area (Å²) in [5.41, 5.74) is 6.82. The Morgan fingerprint density at radius 1 is 1.33 bits per heavy atom. The average Bonchev–Trinajstić information content (AvgIpc) is 2.40. The van der Waals surface area contributed by atoms with Crippen molar-refractivity contribution in [2.75, 3.05) is 18.0 Å². The number of nitrogens with two attached hydrogens (primary N) is 1. The van der Waals surface area contributed by atoms with E-state index in [1.54, 1.807) is 12.1 Å². The van der Waals surface area contributed by atoms with E-state index in [1.165, 1.54) is 0 Å². The first-order valence-electron chi connectivity index (χ1n) is 5.93. The predicted octanol–water partition coefficient (Wildman–Crippen LogP) is 1.36. The standard InChI is InChI=1S/C13H15N3O2/c14-13(18)10-5-7-16(8-6-10)12-4-2-1-3-11(12)15-9-17/h1-4,10H,5-8H2,(H2,14,18). The number of hydrogen-bond acceptors (Lipinski definition) is 4. The van der Waals surface area contributed by atoms with Crippen LogP contribution in [-0.2, 0) is 9.59 Å². The van der Waals surface area contributed by atoms with Gasteiger partial charge in [0.05, 0.1) is 11.4 Å². The Morgan fingerprint density at radius 3 is 2.61 bits per heavy atom. The molecule has 0 unspecified atom stereocenters. The van der Waals surface area contributed by atoms with Gasteiger partial charge in [-0.15, -0.1) is 0 Å². The molecule has 1 aliphatic rings. The van der Waals surface area contributed by atoms with Crippen LogP contribution in [0.5, 0.6) is 0 Å². The topological polar surface area (TPSA) is 75.8 Å². The molecular weight excluding hydrogens is 230 g/mol. The van der Waals surface area contributed by atoms with Crippen molar-refractivity contribution in [1.29, 1.82) is 0 Å². The Hall–Kier alpha value is -2.13.